The highest BCUT2D eigenvalue weighted by Gasteiger charge is 2.40. The van der Waals surface area contributed by atoms with Crippen molar-refractivity contribution in [3.05, 3.63) is 55.4 Å². The molecule has 0 N–H and O–H groups in total. The molecule has 0 amide bonds. The Morgan fingerprint density at radius 1 is 0.840 bits per heavy atom. The Morgan fingerprint density at radius 3 is 2.28 bits per heavy atom. The van der Waals surface area contributed by atoms with Crippen LogP contribution in [0, 0.1) is 11.8 Å². The van der Waals surface area contributed by atoms with Gasteiger partial charge in [-0.3, -0.25) is 4.98 Å². The average molecular weight is 333 g/mol. The van der Waals surface area contributed by atoms with E-state index in [9.17, 15) is 0 Å². The Bertz CT molecular complexity index is 835. The maximum absolute atomic E-state index is 4.49. The summed E-state index contributed by atoms with van der Waals surface area (Å²) in [7, 11) is 0. The third kappa shape index (κ3) is 2.61. The van der Waals surface area contributed by atoms with Crippen LogP contribution in [0.1, 0.15) is 0 Å². The first-order valence-electron chi connectivity index (χ1n) is 8.59. The summed E-state index contributed by atoms with van der Waals surface area (Å²) in [6, 6.07) is 8.11. The van der Waals surface area contributed by atoms with Crippen molar-refractivity contribution in [3.63, 3.8) is 0 Å². The summed E-state index contributed by atoms with van der Waals surface area (Å²) < 4.78 is 1.77. The monoisotopic (exact) mass is 333 g/mol. The molecule has 3 aromatic heterocycles. The van der Waals surface area contributed by atoms with E-state index in [2.05, 4.69) is 42.0 Å². The van der Waals surface area contributed by atoms with Crippen LogP contribution < -0.4 is 9.80 Å². The molecule has 2 aliphatic rings. The molecule has 2 saturated heterocycles. The zero-order valence-corrected chi connectivity index (χ0v) is 13.8. The van der Waals surface area contributed by atoms with E-state index >= 15 is 0 Å². The van der Waals surface area contributed by atoms with Gasteiger partial charge in [0.15, 0.2) is 5.82 Å². The van der Waals surface area contributed by atoms with Gasteiger partial charge in [0.1, 0.15) is 12.1 Å². The van der Waals surface area contributed by atoms with Gasteiger partial charge in [0.05, 0.1) is 0 Å². The molecule has 0 saturated carbocycles. The van der Waals surface area contributed by atoms with E-state index in [4.69, 9.17) is 0 Å². The molecule has 3 aromatic rings. The van der Waals surface area contributed by atoms with Crippen LogP contribution in [0.15, 0.2) is 55.4 Å². The second kappa shape index (κ2) is 5.84. The van der Waals surface area contributed by atoms with E-state index in [-0.39, 0.29) is 0 Å². The average Bonchev–Trinajstić information content (AvgIpc) is 3.38. The quantitative estimate of drug-likeness (QED) is 0.726. The fraction of sp³-hybridized carbons (Fsp3) is 0.333. The first-order valence-corrected chi connectivity index (χ1v) is 8.59. The Morgan fingerprint density at radius 2 is 1.56 bits per heavy atom. The van der Waals surface area contributed by atoms with E-state index in [1.807, 2.05) is 30.7 Å². The van der Waals surface area contributed by atoms with Crippen LogP contribution in [-0.4, -0.2) is 50.9 Å². The molecule has 2 aliphatic heterocycles. The molecule has 7 nitrogen and oxygen atoms in total. The largest absolute Gasteiger partial charge is 0.371 e. The first kappa shape index (κ1) is 14.4. The summed E-state index contributed by atoms with van der Waals surface area (Å²) in [6.45, 7) is 4.29. The summed E-state index contributed by atoms with van der Waals surface area (Å²) in [6.07, 6.45) is 9.03. The molecule has 2 unspecified atom stereocenters. The Hall–Kier alpha value is -2.96. The fourth-order valence-electron chi connectivity index (χ4n) is 3.99. The molecule has 2 atom stereocenters. The van der Waals surface area contributed by atoms with Gasteiger partial charge < -0.3 is 9.80 Å². The van der Waals surface area contributed by atoms with Crippen molar-refractivity contribution in [2.45, 2.75) is 0 Å². The predicted molar refractivity (Wildman–Crippen MR) is 94.8 cm³/mol. The van der Waals surface area contributed by atoms with E-state index in [1.54, 1.807) is 17.2 Å². The Balaban J connectivity index is 1.31. The highest BCUT2D eigenvalue weighted by atomic mass is 15.3. The summed E-state index contributed by atoms with van der Waals surface area (Å²) in [5.74, 6) is 3.16. The third-order valence-electron chi connectivity index (χ3n) is 5.22. The molecule has 0 bridgehead atoms. The lowest BCUT2D eigenvalue weighted by atomic mass is 10.0. The van der Waals surface area contributed by atoms with Crippen molar-refractivity contribution in [2.75, 3.05) is 36.0 Å². The molecule has 0 radical (unpaired) electrons. The van der Waals surface area contributed by atoms with Crippen LogP contribution in [0.2, 0.25) is 0 Å². The summed E-state index contributed by atoms with van der Waals surface area (Å²) in [5.41, 5.74) is 1.28. The topological polar surface area (TPSA) is 63.0 Å². The van der Waals surface area contributed by atoms with Gasteiger partial charge in [-0.05, 0) is 18.2 Å². The minimum atomic E-state index is 0.677. The lowest BCUT2D eigenvalue weighted by Crippen LogP contribution is -2.29. The van der Waals surface area contributed by atoms with Crippen LogP contribution >= 0.6 is 0 Å². The van der Waals surface area contributed by atoms with E-state index in [0.717, 1.165) is 37.8 Å². The van der Waals surface area contributed by atoms with Crippen molar-refractivity contribution in [1.29, 1.82) is 0 Å². The third-order valence-corrected chi connectivity index (χ3v) is 5.22. The number of aromatic nitrogens is 5. The Kier molecular flexibility index (Phi) is 3.36. The minimum absolute atomic E-state index is 0.677. The summed E-state index contributed by atoms with van der Waals surface area (Å²) in [5, 5.41) is 4.25. The number of hydrogen-bond acceptors (Lipinski definition) is 6. The summed E-state index contributed by atoms with van der Waals surface area (Å²) in [4.78, 5) is 17.8. The van der Waals surface area contributed by atoms with Crippen LogP contribution in [-0.2, 0) is 0 Å². The lowest BCUT2D eigenvalue weighted by Gasteiger charge is -2.23. The van der Waals surface area contributed by atoms with Crippen LogP contribution in [0.5, 0.6) is 0 Å². The molecular weight excluding hydrogens is 314 g/mol. The van der Waals surface area contributed by atoms with Gasteiger partial charge in [0, 0.05) is 74.6 Å². The van der Waals surface area contributed by atoms with Crippen LogP contribution in [0.25, 0.3) is 5.82 Å². The maximum Gasteiger partial charge on any atom is 0.158 e. The van der Waals surface area contributed by atoms with Gasteiger partial charge in [0.2, 0.25) is 0 Å². The van der Waals surface area contributed by atoms with Crippen LogP contribution in [0.4, 0.5) is 11.5 Å². The Labute approximate surface area is 146 Å². The lowest BCUT2D eigenvalue weighted by molar-refractivity contribution is 0.533. The molecule has 7 heteroatoms. The first-order chi connectivity index (χ1) is 12.4. The van der Waals surface area contributed by atoms with Gasteiger partial charge in [-0.25, -0.2) is 14.6 Å². The second-order valence-corrected chi connectivity index (χ2v) is 6.72. The number of fused-ring (bicyclic) bond motifs is 1. The van der Waals surface area contributed by atoms with Crippen molar-refractivity contribution >= 4 is 11.5 Å². The maximum atomic E-state index is 4.49. The van der Waals surface area contributed by atoms with Crippen molar-refractivity contribution < 1.29 is 0 Å². The number of nitrogens with zero attached hydrogens (tertiary/aromatic N) is 7. The van der Waals surface area contributed by atoms with Gasteiger partial charge >= 0.3 is 0 Å². The number of pyridine rings is 1. The molecule has 2 fully saturated rings. The normalized spacial score (nSPS) is 22.4. The number of rotatable bonds is 3. The molecule has 0 aromatic carbocycles. The van der Waals surface area contributed by atoms with Gasteiger partial charge in [-0.2, -0.15) is 5.10 Å². The minimum Gasteiger partial charge on any atom is -0.371 e. The zero-order chi connectivity index (χ0) is 16.6. The predicted octanol–water partition coefficient (Wildman–Crippen LogP) is 1.63. The molecular formula is C18H19N7. The van der Waals surface area contributed by atoms with Crippen LogP contribution in [0.3, 0.4) is 0 Å². The number of hydrogen-bond donors (Lipinski definition) is 0. The molecule has 0 aliphatic carbocycles. The van der Waals surface area contributed by atoms with Gasteiger partial charge in [-0.15, -0.1) is 0 Å². The van der Waals surface area contributed by atoms with Gasteiger partial charge in [0.25, 0.3) is 0 Å². The highest BCUT2D eigenvalue weighted by molar-refractivity contribution is 5.49. The van der Waals surface area contributed by atoms with Crippen molar-refractivity contribution in [3.8, 4) is 5.82 Å². The summed E-state index contributed by atoms with van der Waals surface area (Å²) >= 11 is 0. The van der Waals surface area contributed by atoms with E-state index in [1.165, 1.54) is 5.69 Å². The second-order valence-electron chi connectivity index (χ2n) is 6.72. The van der Waals surface area contributed by atoms with E-state index < -0.39 is 0 Å². The zero-order valence-electron chi connectivity index (χ0n) is 13.8. The van der Waals surface area contributed by atoms with Crippen molar-refractivity contribution in [2.24, 2.45) is 11.8 Å². The van der Waals surface area contributed by atoms with Crippen molar-refractivity contribution in [1.82, 2.24) is 24.7 Å². The molecule has 5 heterocycles. The van der Waals surface area contributed by atoms with E-state index in [0.29, 0.717) is 11.8 Å². The SMILES string of the molecule is c1cnn(-c2cc(N3CC4CN(c5ccncc5)CC4C3)ncn2)c1. The molecule has 0 spiro atoms. The van der Waals surface area contributed by atoms with Gasteiger partial charge in [-0.1, -0.05) is 0 Å². The highest BCUT2D eigenvalue weighted by Crippen LogP contribution is 2.35. The number of anilines is 2. The fourth-order valence-corrected chi connectivity index (χ4v) is 3.99. The smallest absolute Gasteiger partial charge is 0.158 e. The molecule has 25 heavy (non-hydrogen) atoms. The molecule has 5 rings (SSSR count). The molecule has 126 valence electrons. The standard InChI is InChI=1S/C18H19N7/c1-4-22-25(7-1)18-8-17(20-13-21-18)24-11-14-9-23(10-15(14)12-24)16-2-5-19-6-3-16/h1-8,13-15H,9-12H2.